The second-order valence-electron chi connectivity index (χ2n) is 11.5. The predicted octanol–water partition coefficient (Wildman–Crippen LogP) is 7.27. The molecule has 2 saturated carbocycles. The Morgan fingerprint density at radius 3 is 2.48 bits per heavy atom. The normalized spacial score (nSPS) is 20.6. The van der Waals surface area contributed by atoms with Crippen molar-refractivity contribution in [3.63, 3.8) is 0 Å². The van der Waals surface area contributed by atoms with Crippen molar-refractivity contribution in [1.82, 2.24) is 4.98 Å². The van der Waals surface area contributed by atoms with Gasteiger partial charge in [0.25, 0.3) is 0 Å². The van der Waals surface area contributed by atoms with E-state index >= 15 is 4.39 Å². The van der Waals surface area contributed by atoms with Crippen molar-refractivity contribution in [2.45, 2.75) is 63.6 Å². The first-order chi connectivity index (χ1) is 19.4. The summed E-state index contributed by atoms with van der Waals surface area (Å²) in [6, 6.07) is 14.0. The van der Waals surface area contributed by atoms with Gasteiger partial charge < -0.3 is 19.3 Å². The zero-order valence-electron chi connectivity index (χ0n) is 23.2. The highest BCUT2D eigenvalue weighted by molar-refractivity contribution is 5.71. The van der Waals surface area contributed by atoms with E-state index in [2.05, 4.69) is 29.2 Å². The Hall–Kier alpha value is -3.45. The first-order valence-corrected chi connectivity index (χ1v) is 14.3. The molecule has 7 heteroatoms. The second-order valence-corrected chi connectivity index (χ2v) is 11.5. The molecule has 1 aromatic heterocycles. The molecule has 3 aromatic rings. The number of aryl methyl sites for hydroxylation is 1. The molecule has 2 heterocycles. The molecule has 1 N–H and O–H groups in total. The summed E-state index contributed by atoms with van der Waals surface area (Å²) in [5.41, 5.74) is 5.37. The van der Waals surface area contributed by atoms with Crippen LogP contribution in [0.2, 0.25) is 0 Å². The number of halogens is 1. The lowest BCUT2D eigenvalue weighted by molar-refractivity contribution is -0.142. The Balaban J connectivity index is 1.34. The first-order valence-electron chi connectivity index (χ1n) is 14.3. The van der Waals surface area contributed by atoms with Gasteiger partial charge in [-0.3, -0.25) is 4.79 Å². The Labute approximate surface area is 234 Å². The lowest BCUT2D eigenvalue weighted by atomic mass is 9.82. The number of carboxylic acids is 1. The zero-order chi connectivity index (χ0) is 28.0. The van der Waals surface area contributed by atoms with Crippen molar-refractivity contribution in [2.24, 2.45) is 17.8 Å². The van der Waals surface area contributed by atoms with Gasteiger partial charge in [0.2, 0.25) is 5.88 Å². The van der Waals surface area contributed by atoms with Crippen molar-refractivity contribution >= 4 is 5.97 Å². The van der Waals surface area contributed by atoms with E-state index in [1.54, 1.807) is 13.2 Å². The summed E-state index contributed by atoms with van der Waals surface area (Å²) < 4.78 is 32.9. The quantitative estimate of drug-likeness (QED) is 0.289. The number of rotatable bonds is 10. The van der Waals surface area contributed by atoms with Crippen LogP contribution < -0.4 is 9.47 Å². The SMILES string of the molecule is COc1cc(-c2ccc(C3CCc4ccc([C@H](C5CC5)[C@H](C)C(=O)O)cc4O3)cc2C(OC)C2CC2)c(F)cn1. The molecule has 4 atom stereocenters. The molecule has 0 radical (unpaired) electrons. The van der Waals surface area contributed by atoms with Crippen LogP contribution in [0.1, 0.15) is 79.4 Å². The summed E-state index contributed by atoms with van der Waals surface area (Å²) in [5, 5.41) is 9.73. The average molecular weight is 546 g/mol. The molecule has 0 saturated heterocycles. The van der Waals surface area contributed by atoms with Gasteiger partial charge in [-0.05, 0) is 96.2 Å². The third-order valence-electron chi connectivity index (χ3n) is 8.87. The molecule has 0 spiro atoms. The van der Waals surface area contributed by atoms with Crippen LogP contribution in [-0.4, -0.2) is 30.3 Å². The van der Waals surface area contributed by atoms with E-state index in [1.807, 2.05) is 19.1 Å². The molecule has 0 amide bonds. The summed E-state index contributed by atoms with van der Waals surface area (Å²) >= 11 is 0. The van der Waals surface area contributed by atoms with E-state index in [9.17, 15) is 9.90 Å². The average Bonchev–Trinajstić information content (AvgIpc) is 3.89. The van der Waals surface area contributed by atoms with Gasteiger partial charge in [0.1, 0.15) is 17.7 Å². The molecule has 3 aliphatic rings. The Bertz CT molecular complexity index is 1420. The summed E-state index contributed by atoms with van der Waals surface area (Å²) in [7, 11) is 3.24. The van der Waals surface area contributed by atoms with E-state index in [4.69, 9.17) is 14.2 Å². The number of ether oxygens (including phenoxy) is 3. The van der Waals surface area contributed by atoms with E-state index in [1.165, 1.54) is 13.3 Å². The smallest absolute Gasteiger partial charge is 0.306 e. The Morgan fingerprint density at radius 1 is 1.02 bits per heavy atom. The van der Waals surface area contributed by atoms with Gasteiger partial charge in [-0.15, -0.1) is 0 Å². The molecule has 2 fully saturated rings. The van der Waals surface area contributed by atoms with E-state index in [-0.39, 0.29) is 18.1 Å². The number of carbonyl (C=O) groups is 1. The fourth-order valence-electron chi connectivity index (χ4n) is 6.38. The van der Waals surface area contributed by atoms with Crippen LogP contribution in [0.15, 0.2) is 48.7 Å². The summed E-state index contributed by atoms with van der Waals surface area (Å²) in [6.07, 6.45) is 6.88. The van der Waals surface area contributed by atoms with E-state index in [0.717, 1.165) is 72.1 Å². The lowest BCUT2D eigenvalue weighted by Gasteiger charge is -2.30. The summed E-state index contributed by atoms with van der Waals surface area (Å²) in [6.45, 7) is 1.81. The number of nitrogens with zero attached hydrogens (tertiary/aromatic N) is 1. The lowest BCUT2D eigenvalue weighted by Crippen LogP contribution is -2.21. The zero-order valence-corrected chi connectivity index (χ0v) is 23.2. The largest absolute Gasteiger partial charge is 0.485 e. The predicted molar refractivity (Wildman–Crippen MR) is 149 cm³/mol. The molecular weight excluding hydrogens is 509 g/mol. The van der Waals surface area contributed by atoms with Crippen LogP contribution in [0, 0.1) is 23.6 Å². The van der Waals surface area contributed by atoms with Crippen LogP contribution in [0.3, 0.4) is 0 Å². The highest BCUT2D eigenvalue weighted by atomic mass is 19.1. The van der Waals surface area contributed by atoms with Crippen molar-refractivity contribution in [3.8, 4) is 22.8 Å². The summed E-state index contributed by atoms with van der Waals surface area (Å²) in [5.74, 6) is 0.390. The number of fused-ring (bicyclic) bond motifs is 1. The minimum absolute atomic E-state index is 0.00841. The van der Waals surface area contributed by atoms with Gasteiger partial charge in [-0.25, -0.2) is 9.37 Å². The maximum Gasteiger partial charge on any atom is 0.306 e. The third-order valence-corrected chi connectivity index (χ3v) is 8.87. The fraction of sp³-hybridized carbons (Fsp3) is 0.455. The number of benzene rings is 2. The summed E-state index contributed by atoms with van der Waals surface area (Å²) in [4.78, 5) is 15.9. The van der Waals surface area contributed by atoms with Gasteiger partial charge in [-0.1, -0.05) is 31.2 Å². The van der Waals surface area contributed by atoms with Crippen molar-refractivity contribution < 1.29 is 28.5 Å². The minimum atomic E-state index is -0.757. The molecule has 2 aliphatic carbocycles. The van der Waals surface area contributed by atoms with Crippen molar-refractivity contribution in [3.05, 3.63) is 76.7 Å². The van der Waals surface area contributed by atoms with E-state index in [0.29, 0.717) is 23.3 Å². The number of methoxy groups -OCH3 is 2. The minimum Gasteiger partial charge on any atom is -0.485 e. The number of carboxylic acid groups (broad SMARTS) is 1. The van der Waals surface area contributed by atoms with Crippen LogP contribution in [0.25, 0.3) is 11.1 Å². The van der Waals surface area contributed by atoms with Gasteiger partial charge in [-0.2, -0.15) is 0 Å². The Kier molecular flexibility index (Phi) is 7.26. The molecule has 1 aliphatic heterocycles. The number of hydrogen-bond acceptors (Lipinski definition) is 5. The van der Waals surface area contributed by atoms with Crippen LogP contribution in [-0.2, 0) is 16.0 Å². The maximum absolute atomic E-state index is 15.0. The first kappa shape index (κ1) is 26.8. The van der Waals surface area contributed by atoms with Crippen molar-refractivity contribution in [1.29, 1.82) is 0 Å². The van der Waals surface area contributed by atoms with Crippen LogP contribution in [0.4, 0.5) is 4.39 Å². The number of pyridine rings is 1. The number of aliphatic carboxylic acids is 1. The van der Waals surface area contributed by atoms with E-state index < -0.39 is 17.7 Å². The molecular formula is C33H36FNO5. The highest BCUT2D eigenvalue weighted by Crippen LogP contribution is 2.49. The standard InChI is InChI=1S/C33H36FNO5/c1-18(33(36)37)31(20-5-6-20)23-9-4-19-11-13-28(40-29(19)15-23)22-10-12-24(25-16-30(38-2)35-17-27(25)34)26(14-22)32(39-3)21-7-8-21/h4,9-10,12,14-18,20-21,28,31-32H,5-8,11,13H2,1-3H3,(H,36,37)/t18-,28?,31-,32?/m0/s1. The second kappa shape index (κ2) is 10.8. The molecule has 0 bridgehead atoms. The van der Waals surface area contributed by atoms with Gasteiger partial charge in [0, 0.05) is 18.7 Å². The molecule has 6 rings (SSSR count). The molecule has 2 unspecified atom stereocenters. The highest BCUT2D eigenvalue weighted by Gasteiger charge is 2.39. The fourth-order valence-corrected chi connectivity index (χ4v) is 6.38. The maximum atomic E-state index is 15.0. The topological polar surface area (TPSA) is 77.9 Å². The number of hydrogen-bond donors (Lipinski definition) is 1. The van der Waals surface area contributed by atoms with Gasteiger partial charge >= 0.3 is 5.97 Å². The monoisotopic (exact) mass is 545 g/mol. The molecule has 210 valence electrons. The van der Waals surface area contributed by atoms with Crippen molar-refractivity contribution in [2.75, 3.05) is 14.2 Å². The Morgan fingerprint density at radius 2 is 1.80 bits per heavy atom. The molecule has 40 heavy (non-hydrogen) atoms. The van der Waals surface area contributed by atoms with Crippen LogP contribution >= 0.6 is 0 Å². The van der Waals surface area contributed by atoms with Crippen LogP contribution in [0.5, 0.6) is 11.6 Å². The molecule has 2 aromatic carbocycles. The van der Waals surface area contributed by atoms with Gasteiger partial charge in [0.05, 0.1) is 25.3 Å². The third kappa shape index (κ3) is 5.19. The number of aromatic nitrogens is 1. The molecule has 6 nitrogen and oxygen atoms in total. The van der Waals surface area contributed by atoms with Gasteiger partial charge in [0.15, 0.2) is 0 Å².